The Morgan fingerprint density at radius 3 is 2.80 bits per heavy atom. The van der Waals surface area contributed by atoms with E-state index in [1.165, 1.54) is 18.3 Å². The number of nitrogens with one attached hydrogen (secondary N) is 1. The van der Waals surface area contributed by atoms with Crippen molar-refractivity contribution in [2.24, 2.45) is 5.73 Å². The predicted octanol–water partition coefficient (Wildman–Crippen LogP) is 1.10. The second kappa shape index (κ2) is 5.70. The standard InChI is InChI=1S/C12H13N3O3S2/c1-8-4-5-9(18-8)7-15-20(16,17)10-3-2-6-14-11(10)12(13)19/h2-6,15H,7H2,1H3,(H2,13,19). The lowest BCUT2D eigenvalue weighted by atomic mass is 10.3. The number of thiocarbonyl (C=S) groups is 1. The largest absolute Gasteiger partial charge is 0.465 e. The minimum Gasteiger partial charge on any atom is -0.465 e. The predicted molar refractivity (Wildman–Crippen MR) is 77.6 cm³/mol. The fraction of sp³-hybridized carbons (Fsp3) is 0.167. The third kappa shape index (κ3) is 3.21. The van der Waals surface area contributed by atoms with E-state index in [0.29, 0.717) is 11.5 Å². The number of sulfonamides is 1. The SMILES string of the molecule is Cc1ccc(CNS(=O)(=O)c2cccnc2C(N)=S)o1. The molecule has 8 heteroatoms. The van der Waals surface area contributed by atoms with Crippen molar-refractivity contribution in [2.75, 3.05) is 0 Å². The molecule has 106 valence electrons. The van der Waals surface area contributed by atoms with E-state index in [0.717, 1.165) is 0 Å². The maximum absolute atomic E-state index is 12.2. The molecule has 0 saturated carbocycles. The lowest BCUT2D eigenvalue weighted by Crippen LogP contribution is -2.26. The summed E-state index contributed by atoms with van der Waals surface area (Å²) in [6.45, 7) is 1.83. The van der Waals surface area contributed by atoms with Gasteiger partial charge in [-0.15, -0.1) is 0 Å². The summed E-state index contributed by atoms with van der Waals surface area (Å²) in [5.41, 5.74) is 5.55. The van der Waals surface area contributed by atoms with Gasteiger partial charge in [-0.3, -0.25) is 4.98 Å². The molecule has 6 nitrogen and oxygen atoms in total. The number of pyridine rings is 1. The molecule has 0 radical (unpaired) electrons. The van der Waals surface area contributed by atoms with Gasteiger partial charge in [0.15, 0.2) is 0 Å². The van der Waals surface area contributed by atoms with Crippen LogP contribution in [0.15, 0.2) is 39.8 Å². The number of furan rings is 1. The minimum atomic E-state index is -3.76. The van der Waals surface area contributed by atoms with Gasteiger partial charge in [-0.1, -0.05) is 12.2 Å². The topological polar surface area (TPSA) is 98.2 Å². The van der Waals surface area contributed by atoms with Crippen LogP contribution >= 0.6 is 12.2 Å². The van der Waals surface area contributed by atoms with Gasteiger partial charge in [-0.25, -0.2) is 13.1 Å². The third-order valence-electron chi connectivity index (χ3n) is 2.53. The van der Waals surface area contributed by atoms with Crippen LogP contribution in [0.3, 0.4) is 0 Å². The van der Waals surface area contributed by atoms with E-state index in [4.69, 9.17) is 22.4 Å². The van der Waals surface area contributed by atoms with Crippen LogP contribution in [0.25, 0.3) is 0 Å². The summed E-state index contributed by atoms with van der Waals surface area (Å²) in [7, 11) is -3.76. The van der Waals surface area contributed by atoms with Gasteiger partial charge in [0.1, 0.15) is 27.1 Å². The Kier molecular flexibility index (Phi) is 4.17. The zero-order valence-corrected chi connectivity index (χ0v) is 12.3. The van der Waals surface area contributed by atoms with Crippen molar-refractivity contribution >= 4 is 27.2 Å². The summed E-state index contributed by atoms with van der Waals surface area (Å²) >= 11 is 4.80. The Hall–Kier alpha value is -1.77. The Morgan fingerprint density at radius 2 is 2.20 bits per heavy atom. The van der Waals surface area contributed by atoms with Gasteiger partial charge in [0.2, 0.25) is 10.0 Å². The zero-order chi connectivity index (χ0) is 14.8. The lowest BCUT2D eigenvalue weighted by molar-refractivity contribution is 0.475. The molecule has 2 rings (SSSR count). The molecule has 0 aliphatic heterocycles. The van der Waals surface area contributed by atoms with E-state index < -0.39 is 10.0 Å². The average Bonchev–Trinajstić information content (AvgIpc) is 2.82. The molecule has 0 amide bonds. The number of nitrogens with zero attached hydrogens (tertiary/aromatic N) is 1. The highest BCUT2D eigenvalue weighted by atomic mass is 32.2. The molecule has 3 N–H and O–H groups in total. The van der Waals surface area contributed by atoms with Crippen LogP contribution in [0.5, 0.6) is 0 Å². The van der Waals surface area contributed by atoms with Gasteiger partial charge in [0.05, 0.1) is 6.54 Å². The molecule has 0 unspecified atom stereocenters. The van der Waals surface area contributed by atoms with E-state index in [-0.39, 0.29) is 22.1 Å². The van der Waals surface area contributed by atoms with Crippen LogP contribution in [0.2, 0.25) is 0 Å². The zero-order valence-electron chi connectivity index (χ0n) is 10.7. The van der Waals surface area contributed by atoms with Gasteiger partial charge in [0, 0.05) is 6.20 Å². The molecular weight excluding hydrogens is 298 g/mol. The van der Waals surface area contributed by atoms with Crippen molar-refractivity contribution in [1.82, 2.24) is 9.71 Å². The van der Waals surface area contributed by atoms with E-state index in [9.17, 15) is 8.42 Å². The van der Waals surface area contributed by atoms with Crippen LogP contribution in [0.4, 0.5) is 0 Å². The first kappa shape index (κ1) is 14.6. The number of rotatable bonds is 5. The summed E-state index contributed by atoms with van der Waals surface area (Å²) in [6.07, 6.45) is 1.43. The summed E-state index contributed by atoms with van der Waals surface area (Å²) in [6, 6.07) is 6.37. The van der Waals surface area contributed by atoms with Crippen molar-refractivity contribution in [3.63, 3.8) is 0 Å². The molecule has 2 aromatic heterocycles. The summed E-state index contributed by atoms with van der Waals surface area (Å²) in [5, 5.41) is 0. The summed E-state index contributed by atoms with van der Waals surface area (Å²) < 4.78 is 32.2. The van der Waals surface area contributed by atoms with E-state index >= 15 is 0 Å². The molecule has 0 aliphatic rings. The Bertz CT molecular complexity index is 738. The van der Waals surface area contributed by atoms with Gasteiger partial charge in [-0.05, 0) is 31.2 Å². The Labute approximate surface area is 122 Å². The minimum absolute atomic E-state index is 0.0435. The van der Waals surface area contributed by atoms with Gasteiger partial charge in [0.25, 0.3) is 0 Å². The highest BCUT2D eigenvalue weighted by Crippen LogP contribution is 2.14. The molecule has 2 heterocycles. The second-order valence-electron chi connectivity index (χ2n) is 4.05. The molecule has 0 aromatic carbocycles. The molecule has 0 aliphatic carbocycles. The van der Waals surface area contributed by atoms with Crippen molar-refractivity contribution in [2.45, 2.75) is 18.4 Å². The number of nitrogens with two attached hydrogens (primary N) is 1. The van der Waals surface area contributed by atoms with Gasteiger partial charge >= 0.3 is 0 Å². The van der Waals surface area contributed by atoms with E-state index in [1.54, 1.807) is 19.1 Å². The highest BCUT2D eigenvalue weighted by molar-refractivity contribution is 7.89. The van der Waals surface area contributed by atoms with Crippen LogP contribution in [0.1, 0.15) is 17.2 Å². The molecule has 0 spiro atoms. The fourth-order valence-corrected chi connectivity index (χ4v) is 3.01. The molecule has 0 saturated heterocycles. The molecule has 0 atom stereocenters. The van der Waals surface area contributed by atoms with Crippen molar-refractivity contribution in [3.8, 4) is 0 Å². The maximum atomic E-state index is 12.2. The van der Waals surface area contributed by atoms with Gasteiger partial charge in [-0.2, -0.15) is 0 Å². The van der Waals surface area contributed by atoms with Gasteiger partial charge < -0.3 is 10.2 Å². The van der Waals surface area contributed by atoms with Crippen molar-refractivity contribution in [3.05, 3.63) is 47.7 Å². The normalized spacial score (nSPS) is 11.4. The average molecular weight is 311 g/mol. The summed E-state index contributed by atoms with van der Waals surface area (Å²) in [5.74, 6) is 1.23. The molecule has 2 aromatic rings. The molecule has 0 bridgehead atoms. The van der Waals surface area contributed by atoms with Crippen LogP contribution in [-0.2, 0) is 16.6 Å². The lowest BCUT2D eigenvalue weighted by Gasteiger charge is -2.08. The third-order valence-corrected chi connectivity index (χ3v) is 4.15. The highest BCUT2D eigenvalue weighted by Gasteiger charge is 2.20. The smallest absolute Gasteiger partial charge is 0.243 e. The molecular formula is C12H13N3O3S2. The van der Waals surface area contributed by atoms with E-state index in [2.05, 4.69) is 9.71 Å². The van der Waals surface area contributed by atoms with Crippen LogP contribution in [0, 0.1) is 6.92 Å². The fourth-order valence-electron chi connectivity index (χ4n) is 1.62. The van der Waals surface area contributed by atoms with Crippen LogP contribution in [-0.4, -0.2) is 18.4 Å². The molecule has 0 fully saturated rings. The number of aromatic nitrogens is 1. The quantitative estimate of drug-likeness (QED) is 0.802. The Morgan fingerprint density at radius 1 is 1.45 bits per heavy atom. The number of hydrogen-bond acceptors (Lipinski definition) is 5. The molecule has 20 heavy (non-hydrogen) atoms. The summed E-state index contributed by atoms with van der Waals surface area (Å²) in [4.78, 5) is 3.78. The van der Waals surface area contributed by atoms with E-state index in [1.807, 2.05) is 0 Å². The van der Waals surface area contributed by atoms with Crippen LogP contribution < -0.4 is 10.5 Å². The monoisotopic (exact) mass is 311 g/mol. The second-order valence-corrected chi connectivity index (χ2v) is 6.23. The first-order valence-electron chi connectivity index (χ1n) is 5.70. The number of hydrogen-bond donors (Lipinski definition) is 2. The maximum Gasteiger partial charge on any atom is 0.243 e. The van der Waals surface area contributed by atoms with Crippen molar-refractivity contribution in [1.29, 1.82) is 0 Å². The number of aryl methyl sites for hydroxylation is 1. The Balaban J connectivity index is 2.25. The first-order chi connectivity index (χ1) is 9.40. The van der Waals surface area contributed by atoms with Crippen molar-refractivity contribution < 1.29 is 12.8 Å². The first-order valence-corrected chi connectivity index (χ1v) is 7.59.